The molecule has 0 aromatic rings. The summed E-state index contributed by atoms with van der Waals surface area (Å²) in [5, 5.41) is 10.2. The zero-order valence-electron chi connectivity index (χ0n) is 16.5. The molecule has 0 aliphatic rings. The third-order valence-electron chi connectivity index (χ3n) is 5.38. The molecule has 22 heavy (non-hydrogen) atoms. The van der Waals surface area contributed by atoms with Crippen LogP contribution in [0.25, 0.3) is 0 Å². The van der Waals surface area contributed by atoms with Crippen molar-refractivity contribution in [2.24, 2.45) is 11.8 Å². The first-order valence-electron chi connectivity index (χ1n) is 10.1. The quantitative estimate of drug-likeness (QED) is 0.305. The van der Waals surface area contributed by atoms with E-state index in [1.54, 1.807) is 13.3 Å². The first-order chi connectivity index (χ1) is 10.4. The number of unbranched alkanes of at least 4 members (excludes halogenated alkanes) is 3. The molecule has 2 atom stereocenters. The van der Waals surface area contributed by atoms with Crippen LogP contribution in [0.4, 0.5) is 0 Å². The van der Waals surface area contributed by atoms with Gasteiger partial charge < -0.3 is 0 Å². The summed E-state index contributed by atoms with van der Waals surface area (Å²) in [6.07, 6.45) is 9.40. The van der Waals surface area contributed by atoms with Crippen molar-refractivity contribution >= 4 is 18.4 Å². The maximum absolute atomic E-state index is 10.2. The second-order valence-electron chi connectivity index (χ2n) is 8.17. The van der Waals surface area contributed by atoms with Crippen molar-refractivity contribution in [2.75, 3.05) is 0 Å². The maximum atomic E-state index is 10.2. The van der Waals surface area contributed by atoms with Crippen LogP contribution in [0.15, 0.2) is 0 Å². The molecule has 1 nitrogen and oxygen atoms in total. The van der Waals surface area contributed by atoms with E-state index in [2.05, 4.69) is 41.5 Å². The van der Waals surface area contributed by atoms with Crippen molar-refractivity contribution in [3.63, 3.8) is 0 Å². The summed E-state index contributed by atoms with van der Waals surface area (Å²) < 4.78 is 6.34. The third-order valence-corrected chi connectivity index (χ3v) is 21.9. The minimum atomic E-state index is -1.99. The molecule has 0 aromatic heterocycles. The first kappa shape index (κ1) is 22.8. The summed E-state index contributed by atoms with van der Waals surface area (Å²) in [5.41, 5.74) is 0. The van der Waals surface area contributed by atoms with Crippen molar-refractivity contribution in [1.82, 2.24) is 0 Å². The number of rotatable bonds is 14. The molecular weight excluding hydrogens is 375 g/mol. The molecule has 1 N–H and O–H groups in total. The zero-order chi connectivity index (χ0) is 17.0. The van der Waals surface area contributed by atoms with Gasteiger partial charge in [0.2, 0.25) is 0 Å². The Hall–Kier alpha value is 0.759. The fourth-order valence-electron chi connectivity index (χ4n) is 3.84. The minimum absolute atomic E-state index is 0.0949. The summed E-state index contributed by atoms with van der Waals surface area (Å²) in [4.78, 5) is 0. The van der Waals surface area contributed by atoms with Crippen LogP contribution in [0, 0.1) is 11.8 Å². The molecular formula is C20H44OSn. The summed E-state index contributed by atoms with van der Waals surface area (Å²) in [5.74, 6) is 1.15. The normalized spacial score (nSPS) is 15.3. The molecule has 0 saturated carbocycles. The second kappa shape index (κ2) is 13.1. The van der Waals surface area contributed by atoms with Gasteiger partial charge in [-0.05, 0) is 0 Å². The van der Waals surface area contributed by atoms with Crippen molar-refractivity contribution in [1.29, 1.82) is 0 Å². The van der Waals surface area contributed by atoms with Gasteiger partial charge in [0.15, 0.2) is 0 Å². The Morgan fingerprint density at radius 1 is 0.773 bits per heavy atom. The molecule has 0 aliphatic carbocycles. The Morgan fingerprint density at radius 3 is 1.50 bits per heavy atom. The van der Waals surface area contributed by atoms with E-state index in [0.29, 0.717) is 5.92 Å². The van der Waals surface area contributed by atoms with E-state index in [4.69, 9.17) is 0 Å². The molecule has 134 valence electrons. The Bertz CT molecular complexity index is 230. The van der Waals surface area contributed by atoms with Crippen LogP contribution in [-0.4, -0.2) is 29.6 Å². The Kier molecular flexibility index (Phi) is 13.5. The van der Waals surface area contributed by atoms with Gasteiger partial charge in [-0.15, -0.1) is 0 Å². The van der Waals surface area contributed by atoms with Crippen molar-refractivity contribution < 1.29 is 5.11 Å². The average molecular weight is 419 g/mol. The monoisotopic (exact) mass is 420 g/mol. The summed E-state index contributed by atoms with van der Waals surface area (Å²) >= 11 is -1.99. The molecule has 0 bridgehead atoms. The molecule has 0 aliphatic heterocycles. The van der Waals surface area contributed by atoms with Gasteiger partial charge in [-0.1, -0.05) is 0 Å². The van der Waals surface area contributed by atoms with Crippen LogP contribution in [-0.2, 0) is 0 Å². The van der Waals surface area contributed by atoms with E-state index in [-0.39, 0.29) is 6.10 Å². The fraction of sp³-hybridized carbons (Fsp3) is 1.00. The second-order valence-corrected chi connectivity index (χ2v) is 22.2. The number of hydrogen-bond donors (Lipinski definition) is 1. The van der Waals surface area contributed by atoms with Crippen LogP contribution >= 0.6 is 0 Å². The summed E-state index contributed by atoms with van der Waals surface area (Å²) in [6, 6.07) is 0. The van der Waals surface area contributed by atoms with Gasteiger partial charge in [-0.3, -0.25) is 0 Å². The van der Waals surface area contributed by atoms with E-state index in [9.17, 15) is 5.11 Å². The van der Waals surface area contributed by atoms with Gasteiger partial charge in [0.05, 0.1) is 0 Å². The van der Waals surface area contributed by atoms with Gasteiger partial charge in [-0.2, -0.15) is 0 Å². The van der Waals surface area contributed by atoms with Crippen LogP contribution in [0.5, 0.6) is 0 Å². The van der Waals surface area contributed by atoms with Crippen LogP contribution < -0.4 is 0 Å². The molecule has 0 aromatic carbocycles. The van der Waals surface area contributed by atoms with Gasteiger partial charge >= 0.3 is 146 Å². The number of aliphatic hydroxyl groups excluding tert-OH is 1. The van der Waals surface area contributed by atoms with Gasteiger partial charge in [0, 0.05) is 0 Å². The molecule has 0 unspecified atom stereocenters. The van der Waals surface area contributed by atoms with Crippen molar-refractivity contribution in [3.05, 3.63) is 0 Å². The van der Waals surface area contributed by atoms with E-state index in [1.165, 1.54) is 43.0 Å². The molecule has 0 heterocycles. The van der Waals surface area contributed by atoms with Gasteiger partial charge in [0.25, 0.3) is 0 Å². The topological polar surface area (TPSA) is 20.2 Å². The first-order valence-corrected chi connectivity index (χ1v) is 18.2. The van der Waals surface area contributed by atoms with Gasteiger partial charge in [0.1, 0.15) is 0 Å². The van der Waals surface area contributed by atoms with Gasteiger partial charge in [-0.25, -0.2) is 0 Å². The Balaban J connectivity index is 4.82. The van der Waals surface area contributed by atoms with E-state index in [1.807, 2.05) is 0 Å². The van der Waals surface area contributed by atoms with E-state index >= 15 is 0 Å². The van der Waals surface area contributed by atoms with E-state index in [0.717, 1.165) is 12.3 Å². The van der Waals surface area contributed by atoms with Crippen LogP contribution in [0.3, 0.4) is 0 Å². The zero-order valence-corrected chi connectivity index (χ0v) is 19.3. The average Bonchev–Trinajstić information content (AvgIpc) is 2.48. The van der Waals surface area contributed by atoms with Crippen molar-refractivity contribution in [2.45, 2.75) is 110 Å². The summed E-state index contributed by atoms with van der Waals surface area (Å²) in [7, 11) is 0. The molecule has 0 saturated heterocycles. The molecule has 0 radical (unpaired) electrons. The van der Waals surface area contributed by atoms with Crippen molar-refractivity contribution in [3.8, 4) is 0 Å². The molecule has 0 fully saturated rings. The molecule has 2 heteroatoms. The van der Waals surface area contributed by atoms with E-state index < -0.39 is 18.4 Å². The molecule has 0 amide bonds. The Morgan fingerprint density at radius 2 is 1.18 bits per heavy atom. The van der Waals surface area contributed by atoms with Crippen LogP contribution in [0.1, 0.15) is 86.5 Å². The predicted molar refractivity (Wildman–Crippen MR) is 104 cm³/mol. The summed E-state index contributed by atoms with van der Waals surface area (Å²) in [6.45, 7) is 13.8. The third kappa shape index (κ3) is 9.80. The number of aliphatic hydroxyl groups is 1. The standard InChI is InChI=1S/C8H17O.3C4H9.Sn/c1-6(2)5-8(9)7(3)4;3*1-3-4-2;/h6-9H,1,5H2,2-4H3;3*1,3-4H2,2H3;/t6-,8+;;;;/m0..../s1. The predicted octanol–water partition coefficient (Wildman–Crippen LogP) is 6.88. The Labute approximate surface area is 145 Å². The number of hydrogen-bond acceptors (Lipinski definition) is 1. The molecule has 0 rings (SSSR count). The molecule has 0 spiro atoms. The fourth-order valence-corrected chi connectivity index (χ4v) is 21.9. The van der Waals surface area contributed by atoms with Crippen LogP contribution in [0.2, 0.25) is 17.7 Å². The SMILES string of the molecule is CCC[CH2][Sn]([CH2]CCC)([CH2]CCC)[CH2][C@@H](C)C[C@@H](O)C(C)C.